The highest BCUT2D eigenvalue weighted by atomic mass is 16.5. The van der Waals surface area contributed by atoms with Crippen molar-refractivity contribution < 1.29 is 4.74 Å². The van der Waals surface area contributed by atoms with Crippen LogP contribution in [0.2, 0.25) is 0 Å². The van der Waals surface area contributed by atoms with E-state index in [1.165, 1.54) is 11.1 Å². The fourth-order valence-corrected chi connectivity index (χ4v) is 3.01. The molecule has 0 spiro atoms. The molecule has 1 heterocycles. The standard InChI is InChI=1S/C18H21NO/c1-19(2)13-15-12-17(14-8-4-3-5-9-14)16-10-6-7-11-18(16)20-15/h3-11,15,17H,12-13H2,1-2H3. The normalized spacial score (nSPS) is 21.4. The third-order valence-electron chi connectivity index (χ3n) is 3.86. The van der Waals surface area contributed by atoms with Crippen LogP contribution in [0.1, 0.15) is 23.5 Å². The van der Waals surface area contributed by atoms with Crippen molar-refractivity contribution in [2.75, 3.05) is 20.6 Å². The third kappa shape index (κ3) is 2.70. The highest BCUT2D eigenvalue weighted by Gasteiger charge is 2.29. The molecule has 2 nitrogen and oxygen atoms in total. The lowest BCUT2D eigenvalue weighted by Gasteiger charge is -2.33. The van der Waals surface area contributed by atoms with E-state index in [4.69, 9.17) is 4.74 Å². The van der Waals surface area contributed by atoms with E-state index < -0.39 is 0 Å². The van der Waals surface area contributed by atoms with Gasteiger partial charge < -0.3 is 9.64 Å². The molecule has 104 valence electrons. The van der Waals surface area contributed by atoms with E-state index in [0.717, 1.165) is 18.7 Å². The maximum Gasteiger partial charge on any atom is 0.123 e. The summed E-state index contributed by atoms with van der Waals surface area (Å²) in [6.07, 6.45) is 1.30. The van der Waals surface area contributed by atoms with E-state index in [9.17, 15) is 0 Å². The Balaban J connectivity index is 1.95. The van der Waals surface area contributed by atoms with Crippen LogP contribution in [0, 0.1) is 0 Å². The Morgan fingerprint density at radius 3 is 2.45 bits per heavy atom. The molecule has 0 aliphatic carbocycles. The predicted octanol–water partition coefficient (Wildman–Crippen LogP) is 3.53. The van der Waals surface area contributed by atoms with Crippen LogP contribution in [0.5, 0.6) is 5.75 Å². The molecular formula is C18H21NO. The van der Waals surface area contributed by atoms with Gasteiger partial charge in [0.05, 0.1) is 0 Å². The molecule has 0 radical (unpaired) electrons. The van der Waals surface area contributed by atoms with Crippen molar-refractivity contribution in [3.05, 3.63) is 65.7 Å². The van der Waals surface area contributed by atoms with Crippen molar-refractivity contribution in [2.24, 2.45) is 0 Å². The van der Waals surface area contributed by atoms with Gasteiger partial charge in [-0.15, -0.1) is 0 Å². The summed E-state index contributed by atoms with van der Waals surface area (Å²) in [6, 6.07) is 19.2. The average molecular weight is 267 g/mol. The van der Waals surface area contributed by atoms with Gasteiger partial charge in [-0.1, -0.05) is 48.5 Å². The Kier molecular flexibility index (Phi) is 3.75. The van der Waals surface area contributed by atoms with Crippen molar-refractivity contribution in [1.82, 2.24) is 4.90 Å². The molecule has 2 unspecified atom stereocenters. The van der Waals surface area contributed by atoms with Gasteiger partial charge in [0.25, 0.3) is 0 Å². The number of rotatable bonds is 3. The second kappa shape index (κ2) is 5.68. The van der Waals surface area contributed by atoms with E-state index in [0.29, 0.717) is 5.92 Å². The summed E-state index contributed by atoms with van der Waals surface area (Å²) in [7, 11) is 4.20. The zero-order valence-corrected chi connectivity index (χ0v) is 12.1. The van der Waals surface area contributed by atoms with Crippen LogP contribution < -0.4 is 4.74 Å². The molecular weight excluding hydrogens is 246 g/mol. The number of ether oxygens (including phenoxy) is 1. The Labute approximate surface area is 121 Å². The van der Waals surface area contributed by atoms with Gasteiger partial charge in [0.2, 0.25) is 0 Å². The highest BCUT2D eigenvalue weighted by molar-refractivity contribution is 5.44. The van der Waals surface area contributed by atoms with Gasteiger partial charge in [-0.3, -0.25) is 0 Å². The summed E-state index contributed by atoms with van der Waals surface area (Å²) in [6.45, 7) is 0.956. The Morgan fingerprint density at radius 1 is 1.00 bits per heavy atom. The van der Waals surface area contributed by atoms with Gasteiger partial charge in [0.15, 0.2) is 0 Å². The molecule has 2 heteroatoms. The molecule has 1 aliphatic rings. The summed E-state index contributed by atoms with van der Waals surface area (Å²) >= 11 is 0. The number of nitrogens with zero attached hydrogens (tertiary/aromatic N) is 1. The lowest BCUT2D eigenvalue weighted by molar-refractivity contribution is 0.131. The molecule has 20 heavy (non-hydrogen) atoms. The zero-order chi connectivity index (χ0) is 13.9. The predicted molar refractivity (Wildman–Crippen MR) is 82.3 cm³/mol. The van der Waals surface area contributed by atoms with E-state index >= 15 is 0 Å². The summed E-state index contributed by atoms with van der Waals surface area (Å²) < 4.78 is 6.15. The van der Waals surface area contributed by atoms with Crippen LogP contribution in [0.4, 0.5) is 0 Å². The highest BCUT2D eigenvalue weighted by Crippen LogP contribution is 2.40. The molecule has 1 aliphatic heterocycles. The minimum Gasteiger partial charge on any atom is -0.489 e. The molecule has 0 bridgehead atoms. The number of para-hydroxylation sites is 1. The summed E-state index contributed by atoms with van der Waals surface area (Å²) in [5.74, 6) is 1.48. The molecule has 0 amide bonds. The summed E-state index contributed by atoms with van der Waals surface area (Å²) in [5.41, 5.74) is 2.70. The van der Waals surface area contributed by atoms with Crippen molar-refractivity contribution in [3.63, 3.8) is 0 Å². The van der Waals surface area contributed by atoms with Crippen molar-refractivity contribution >= 4 is 0 Å². The van der Waals surface area contributed by atoms with Crippen molar-refractivity contribution in [2.45, 2.75) is 18.4 Å². The molecule has 2 atom stereocenters. The number of fused-ring (bicyclic) bond motifs is 1. The maximum atomic E-state index is 6.15. The van der Waals surface area contributed by atoms with Crippen LogP contribution in [-0.4, -0.2) is 31.6 Å². The van der Waals surface area contributed by atoms with Crippen LogP contribution >= 0.6 is 0 Å². The van der Waals surface area contributed by atoms with E-state index in [-0.39, 0.29) is 6.10 Å². The van der Waals surface area contributed by atoms with E-state index in [1.807, 2.05) is 0 Å². The fourth-order valence-electron chi connectivity index (χ4n) is 3.01. The molecule has 2 aromatic carbocycles. The van der Waals surface area contributed by atoms with Gasteiger partial charge in [0.1, 0.15) is 11.9 Å². The van der Waals surface area contributed by atoms with Crippen molar-refractivity contribution in [1.29, 1.82) is 0 Å². The lowest BCUT2D eigenvalue weighted by Crippen LogP contribution is -2.35. The molecule has 0 aromatic heterocycles. The average Bonchev–Trinajstić information content (AvgIpc) is 2.47. The molecule has 0 fully saturated rings. The first-order chi connectivity index (χ1) is 9.74. The van der Waals surface area contributed by atoms with Crippen molar-refractivity contribution in [3.8, 4) is 5.75 Å². The topological polar surface area (TPSA) is 12.5 Å². The quantitative estimate of drug-likeness (QED) is 0.843. The van der Waals surface area contributed by atoms with Gasteiger partial charge in [0, 0.05) is 18.0 Å². The maximum absolute atomic E-state index is 6.15. The van der Waals surface area contributed by atoms with Crippen LogP contribution in [0.25, 0.3) is 0 Å². The van der Waals surface area contributed by atoms with E-state index in [2.05, 4.69) is 73.6 Å². The van der Waals surface area contributed by atoms with Gasteiger partial charge in [-0.25, -0.2) is 0 Å². The zero-order valence-electron chi connectivity index (χ0n) is 12.1. The second-order valence-corrected chi connectivity index (χ2v) is 5.74. The first kappa shape index (κ1) is 13.2. The number of benzene rings is 2. The first-order valence-electron chi connectivity index (χ1n) is 7.19. The minimum atomic E-state index is 0.255. The van der Waals surface area contributed by atoms with Crippen LogP contribution in [-0.2, 0) is 0 Å². The smallest absolute Gasteiger partial charge is 0.123 e. The Morgan fingerprint density at radius 2 is 1.70 bits per heavy atom. The van der Waals surface area contributed by atoms with Crippen LogP contribution in [0.15, 0.2) is 54.6 Å². The minimum absolute atomic E-state index is 0.255. The second-order valence-electron chi connectivity index (χ2n) is 5.74. The largest absolute Gasteiger partial charge is 0.489 e. The molecule has 0 saturated carbocycles. The number of hydrogen-bond acceptors (Lipinski definition) is 2. The lowest BCUT2D eigenvalue weighted by atomic mass is 9.84. The number of likely N-dealkylation sites (N-methyl/N-ethyl adjacent to an activating group) is 1. The fraction of sp³-hybridized carbons (Fsp3) is 0.333. The SMILES string of the molecule is CN(C)CC1CC(c2ccccc2)c2ccccc2O1. The summed E-state index contributed by atoms with van der Waals surface area (Å²) in [4.78, 5) is 2.20. The van der Waals surface area contributed by atoms with Gasteiger partial charge in [-0.05, 0) is 32.1 Å². The number of hydrogen-bond donors (Lipinski definition) is 0. The van der Waals surface area contributed by atoms with E-state index in [1.54, 1.807) is 0 Å². The Hall–Kier alpha value is -1.80. The molecule has 3 rings (SSSR count). The third-order valence-corrected chi connectivity index (χ3v) is 3.86. The monoisotopic (exact) mass is 267 g/mol. The van der Waals surface area contributed by atoms with Gasteiger partial charge >= 0.3 is 0 Å². The molecule has 0 saturated heterocycles. The Bertz CT molecular complexity index is 565. The van der Waals surface area contributed by atoms with Crippen LogP contribution in [0.3, 0.4) is 0 Å². The summed E-state index contributed by atoms with van der Waals surface area (Å²) in [5, 5.41) is 0. The van der Waals surface area contributed by atoms with Gasteiger partial charge in [-0.2, -0.15) is 0 Å². The molecule has 2 aromatic rings. The first-order valence-corrected chi connectivity index (χ1v) is 7.19. The molecule has 0 N–H and O–H groups in total.